The Balaban J connectivity index is 2.01. The summed E-state index contributed by atoms with van der Waals surface area (Å²) in [6.45, 7) is 7.06. The molecule has 0 saturated carbocycles. The van der Waals surface area contributed by atoms with Crippen molar-refractivity contribution < 1.29 is 13.9 Å². The van der Waals surface area contributed by atoms with E-state index in [1.165, 1.54) is 23.4 Å². The molecule has 1 aliphatic heterocycles. The fourth-order valence-electron chi connectivity index (χ4n) is 3.42. The van der Waals surface area contributed by atoms with Gasteiger partial charge in [-0.25, -0.2) is 18.4 Å². The van der Waals surface area contributed by atoms with Gasteiger partial charge in [0.25, 0.3) is 0 Å². The summed E-state index contributed by atoms with van der Waals surface area (Å²) in [5.41, 5.74) is -0.968. The number of aliphatic hydroxyl groups is 1. The minimum atomic E-state index is -1.79. The van der Waals surface area contributed by atoms with Gasteiger partial charge in [0.15, 0.2) is 0 Å². The van der Waals surface area contributed by atoms with Gasteiger partial charge in [-0.15, -0.1) is 0 Å². The molecular weight excluding hydrogens is 326 g/mol. The van der Waals surface area contributed by atoms with Crippen molar-refractivity contribution in [3.8, 4) is 0 Å². The van der Waals surface area contributed by atoms with E-state index in [2.05, 4.69) is 16.7 Å². The van der Waals surface area contributed by atoms with E-state index in [9.17, 15) is 13.9 Å². The van der Waals surface area contributed by atoms with Crippen LogP contribution in [0.3, 0.4) is 0 Å². The summed E-state index contributed by atoms with van der Waals surface area (Å²) in [5.74, 6) is -1.54. The Labute approximate surface area is 145 Å². The molecule has 1 fully saturated rings. The predicted molar refractivity (Wildman–Crippen MR) is 89.7 cm³/mol. The van der Waals surface area contributed by atoms with E-state index in [1.807, 2.05) is 4.90 Å². The van der Waals surface area contributed by atoms with Gasteiger partial charge in [0.1, 0.15) is 29.9 Å². The number of nitrogens with zero attached hydrogens (tertiary/aromatic N) is 4. The molecule has 25 heavy (non-hydrogen) atoms. The number of benzene rings is 1. The van der Waals surface area contributed by atoms with Gasteiger partial charge < -0.3 is 5.11 Å². The monoisotopic (exact) mass is 348 g/mol. The lowest BCUT2D eigenvalue weighted by Gasteiger charge is -2.43. The lowest BCUT2D eigenvalue weighted by molar-refractivity contribution is -0.0680. The van der Waals surface area contributed by atoms with Crippen molar-refractivity contribution in [1.82, 2.24) is 19.7 Å². The summed E-state index contributed by atoms with van der Waals surface area (Å²) in [4.78, 5) is 5.89. The molecule has 2 atom stereocenters. The van der Waals surface area contributed by atoms with Crippen LogP contribution in [0, 0.1) is 11.6 Å². The molecule has 7 heteroatoms. The second-order valence-electron chi connectivity index (χ2n) is 6.58. The Morgan fingerprint density at radius 3 is 2.48 bits per heavy atom. The van der Waals surface area contributed by atoms with E-state index in [0.717, 1.165) is 30.5 Å². The number of aromatic nitrogens is 3. The Hall–Kier alpha value is -2.12. The highest BCUT2D eigenvalue weighted by Gasteiger charge is 2.44. The summed E-state index contributed by atoms with van der Waals surface area (Å²) in [6.07, 6.45) is 4.37. The van der Waals surface area contributed by atoms with Crippen molar-refractivity contribution in [1.29, 1.82) is 0 Å². The molecule has 3 rings (SSSR count). The number of likely N-dealkylation sites (tertiary alicyclic amines) is 1. The lowest BCUT2D eigenvalue weighted by atomic mass is 9.84. The smallest absolute Gasteiger partial charge is 0.137 e. The third-order valence-electron chi connectivity index (χ3n) is 5.01. The fourth-order valence-corrected chi connectivity index (χ4v) is 3.42. The SMILES string of the molecule is C=C1CCN([C@H](C)[C@](O)(Cn2cncn2)c2c(F)cccc2F)CC1. The molecular formula is C18H22F2N4O. The molecule has 5 nitrogen and oxygen atoms in total. The average Bonchev–Trinajstić information content (AvgIpc) is 3.07. The average molecular weight is 348 g/mol. The maximum atomic E-state index is 14.5. The number of hydrogen-bond donors (Lipinski definition) is 1. The van der Waals surface area contributed by atoms with E-state index < -0.39 is 23.3 Å². The van der Waals surface area contributed by atoms with Gasteiger partial charge in [0, 0.05) is 19.1 Å². The number of hydrogen-bond acceptors (Lipinski definition) is 4. The maximum Gasteiger partial charge on any atom is 0.137 e. The quantitative estimate of drug-likeness (QED) is 0.844. The van der Waals surface area contributed by atoms with Gasteiger partial charge in [0.05, 0.1) is 12.1 Å². The van der Waals surface area contributed by atoms with Gasteiger partial charge in [-0.2, -0.15) is 5.10 Å². The van der Waals surface area contributed by atoms with Crippen molar-refractivity contribution in [2.75, 3.05) is 13.1 Å². The summed E-state index contributed by atoms with van der Waals surface area (Å²) in [5, 5.41) is 15.5. The third-order valence-corrected chi connectivity index (χ3v) is 5.01. The van der Waals surface area contributed by atoms with Crippen LogP contribution in [0.1, 0.15) is 25.3 Å². The predicted octanol–water partition coefficient (Wildman–Crippen LogP) is 2.48. The molecule has 1 saturated heterocycles. The molecule has 0 unspecified atom stereocenters. The zero-order valence-corrected chi connectivity index (χ0v) is 14.2. The van der Waals surface area contributed by atoms with Crippen LogP contribution in [0.5, 0.6) is 0 Å². The van der Waals surface area contributed by atoms with Crippen molar-refractivity contribution in [2.45, 2.75) is 38.0 Å². The zero-order chi connectivity index (χ0) is 18.0. The standard InChI is InChI=1S/C18H22F2N4O/c1-13-6-8-23(9-7-13)14(2)18(25,10-24-12-21-11-22-24)17-15(19)4-3-5-16(17)20/h3-5,11-12,14,25H,1,6-10H2,2H3/t14-,18-/m1/s1. The molecule has 1 aromatic heterocycles. The first-order chi connectivity index (χ1) is 11.9. The molecule has 0 radical (unpaired) electrons. The molecule has 2 aromatic rings. The minimum absolute atomic E-state index is 0.0938. The normalized spacial score (nSPS) is 19.6. The van der Waals surface area contributed by atoms with Gasteiger partial charge >= 0.3 is 0 Å². The summed E-state index contributed by atoms with van der Waals surface area (Å²) >= 11 is 0. The molecule has 2 heterocycles. The minimum Gasteiger partial charge on any atom is -0.381 e. The van der Waals surface area contributed by atoms with Crippen molar-refractivity contribution in [3.05, 3.63) is 60.2 Å². The van der Waals surface area contributed by atoms with Crippen LogP contribution in [-0.2, 0) is 12.1 Å². The molecule has 1 aliphatic rings. The van der Waals surface area contributed by atoms with E-state index in [1.54, 1.807) is 6.92 Å². The first kappa shape index (κ1) is 17.7. The van der Waals surface area contributed by atoms with Crippen molar-refractivity contribution >= 4 is 0 Å². The topological polar surface area (TPSA) is 54.2 Å². The highest BCUT2D eigenvalue weighted by molar-refractivity contribution is 5.28. The van der Waals surface area contributed by atoms with E-state index in [4.69, 9.17) is 0 Å². The van der Waals surface area contributed by atoms with Crippen LogP contribution in [0.15, 0.2) is 43.0 Å². The van der Waals surface area contributed by atoms with Crippen LogP contribution in [-0.4, -0.2) is 43.9 Å². The molecule has 134 valence electrons. The number of halogens is 2. The van der Waals surface area contributed by atoms with Gasteiger partial charge in [-0.05, 0) is 31.9 Å². The van der Waals surface area contributed by atoms with E-state index in [-0.39, 0.29) is 12.1 Å². The third kappa shape index (κ3) is 3.48. The van der Waals surface area contributed by atoms with Crippen molar-refractivity contribution in [2.24, 2.45) is 0 Å². The molecule has 1 aromatic carbocycles. The van der Waals surface area contributed by atoms with E-state index >= 15 is 0 Å². The van der Waals surface area contributed by atoms with Crippen LogP contribution in [0.4, 0.5) is 8.78 Å². The van der Waals surface area contributed by atoms with Gasteiger partial charge in [-0.1, -0.05) is 18.2 Å². The maximum absolute atomic E-state index is 14.5. The lowest BCUT2D eigenvalue weighted by Crippen LogP contribution is -2.53. The van der Waals surface area contributed by atoms with E-state index in [0.29, 0.717) is 13.1 Å². The molecule has 0 aliphatic carbocycles. The summed E-state index contributed by atoms with van der Waals surface area (Å²) in [7, 11) is 0. The van der Waals surface area contributed by atoms with Crippen LogP contribution in [0.2, 0.25) is 0 Å². The summed E-state index contributed by atoms with van der Waals surface area (Å²) in [6, 6.07) is 3.10. The Morgan fingerprint density at radius 1 is 1.28 bits per heavy atom. The first-order valence-corrected chi connectivity index (χ1v) is 8.32. The Morgan fingerprint density at radius 2 is 1.92 bits per heavy atom. The van der Waals surface area contributed by atoms with Crippen LogP contribution in [0.25, 0.3) is 0 Å². The van der Waals surface area contributed by atoms with Crippen LogP contribution < -0.4 is 0 Å². The largest absolute Gasteiger partial charge is 0.381 e. The second kappa shape index (κ2) is 7.01. The second-order valence-corrected chi connectivity index (χ2v) is 6.58. The van der Waals surface area contributed by atoms with Crippen molar-refractivity contribution in [3.63, 3.8) is 0 Å². The van der Waals surface area contributed by atoms with Gasteiger partial charge in [0.2, 0.25) is 0 Å². The number of piperidine rings is 1. The number of rotatable bonds is 5. The first-order valence-electron chi connectivity index (χ1n) is 8.32. The Bertz CT molecular complexity index is 719. The van der Waals surface area contributed by atoms with Gasteiger partial charge in [-0.3, -0.25) is 4.90 Å². The fraction of sp³-hybridized carbons (Fsp3) is 0.444. The Kier molecular flexibility index (Phi) is 4.96. The highest BCUT2D eigenvalue weighted by atomic mass is 19.1. The molecule has 0 spiro atoms. The summed E-state index contributed by atoms with van der Waals surface area (Å²) < 4.78 is 30.4. The molecule has 0 bridgehead atoms. The molecule has 0 amide bonds. The highest BCUT2D eigenvalue weighted by Crippen LogP contribution is 2.35. The van der Waals surface area contributed by atoms with Crippen LogP contribution >= 0.6 is 0 Å². The zero-order valence-electron chi connectivity index (χ0n) is 14.2. The molecule has 1 N–H and O–H groups in total.